The van der Waals surface area contributed by atoms with Gasteiger partial charge in [-0.15, -0.1) is 11.8 Å². The molecule has 1 fully saturated rings. The minimum Gasteiger partial charge on any atom is -0.299 e. The molecule has 0 aliphatic carbocycles. The molecule has 2 aliphatic rings. The largest absolute Gasteiger partial charge is 0.299 e. The molecule has 3 aromatic rings. The van der Waals surface area contributed by atoms with Crippen LogP contribution in [0.5, 0.6) is 0 Å². The SMILES string of the molecule is Cn1ncc2ccc(C3=C(c4ccc(CN5CCCC5)cc4)SCC3)cc21. The van der Waals surface area contributed by atoms with Crippen LogP contribution in [0, 0.1) is 0 Å². The summed E-state index contributed by atoms with van der Waals surface area (Å²) in [5, 5.41) is 5.59. The van der Waals surface area contributed by atoms with E-state index in [1.165, 1.54) is 69.8 Å². The van der Waals surface area contributed by atoms with Crippen LogP contribution < -0.4 is 0 Å². The van der Waals surface area contributed by atoms with Gasteiger partial charge in [0.25, 0.3) is 0 Å². The first-order valence-electron chi connectivity index (χ1n) is 9.88. The first-order chi connectivity index (χ1) is 13.3. The molecule has 2 aliphatic heterocycles. The van der Waals surface area contributed by atoms with Crippen molar-refractivity contribution in [2.45, 2.75) is 25.8 Å². The van der Waals surface area contributed by atoms with Gasteiger partial charge in [0.1, 0.15) is 0 Å². The summed E-state index contributed by atoms with van der Waals surface area (Å²) < 4.78 is 1.97. The zero-order chi connectivity index (χ0) is 18.2. The topological polar surface area (TPSA) is 21.1 Å². The Labute approximate surface area is 165 Å². The number of benzene rings is 2. The fourth-order valence-electron chi connectivity index (χ4n) is 4.28. The Kier molecular flexibility index (Phi) is 4.54. The van der Waals surface area contributed by atoms with Gasteiger partial charge in [0.2, 0.25) is 0 Å². The van der Waals surface area contributed by atoms with Crippen molar-refractivity contribution in [1.29, 1.82) is 0 Å². The number of thioether (sulfide) groups is 1. The molecule has 0 saturated carbocycles. The molecule has 1 saturated heterocycles. The smallest absolute Gasteiger partial charge is 0.0685 e. The van der Waals surface area contributed by atoms with Crippen LogP contribution in [0.25, 0.3) is 21.4 Å². The maximum Gasteiger partial charge on any atom is 0.0685 e. The maximum absolute atomic E-state index is 4.38. The molecule has 3 heterocycles. The summed E-state index contributed by atoms with van der Waals surface area (Å²) in [5.74, 6) is 1.17. The zero-order valence-corrected chi connectivity index (χ0v) is 16.6. The van der Waals surface area contributed by atoms with Gasteiger partial charge in [-0.25, -0.2) is 0 Å². The van der Waals surface area contributed by atoms with Crippen LogP contribution in [0.3, 0.4) is 0 Å². The number of fused-ring (bicyclic) bond motifs is 1. The second kappa shape index (κ2) is 7.17. The number of allylic oxidation sites excluding steroid dienone is 1. The van der Waals surface area contributed by atoms with E-state index in [1.807, 2.05) is 29.7 Å². The molecule has 0 unspecified atom stereocenters. The molecule has 0 spiro atoms. The average molecular weight is 376 g/mol. The van der Waals surface area contributed by atoms with Crippen LogP contribution in [0.2, 0.25) is 0 Å². The van der Waals surface area contributed by atoms with Gasteiger partial charge >= 0.3 is 0 Å². The lowest BCUT2D eigenvalue weighted by Gasteiger charge is -2.15. The normalized spacial score (nSPS) is 18.1. The Hall–Kier alpha value is -2.04. The Balaban J connectivity index is 1.45. The number of aromatic nitrogens is 2. The van der Waals surface area contributed by atoms with Crippen LogP contribution in [-0.2, 0) is 13.6 Å². The van der Waals surface area contributed by atoms with Crippen molar-refractivity contribution in [2.75, 3.05) is 18.8 Å². The molecule has 27 heavy (non-hydrogen) atoms. The Bertz CT molecular complexity index is 994. The molecule has 5 rings (SSSR count). The highest BCUT2D eigenvalue weighted by molar-refractivity contribution is 8.08. The van der Waals surface area contributed by atoms with E-state index in [0.717, 1.165) is 13.0 Å². The third kappa shape index (κ3) is 3.32. The van der Waals surface area contributed by atoms with Crippen LogP contribution in [0.4, 0.5) is 0 Å². The van der Waals surface area contributed by atoms with Crippen LogP contribution >= 0.6 is 11.8 Å². The van der Waals surface area contributed by atoms with Crippen molar-refractivity contribution < 1.29 is 0 Å². The molecular weight excluding hydrogens is 350 g/mol. The lowest BCUT2D eigenvalue weighted by molar-refractivity contribution is 0.331. The van der Waals surface area contributed by atoms with Crippen LogP contribution in [0.15, 0.2) is 48.7 Å². The Morgan fingerprint density at radius 3 is 2.59 bits per heavy atom. The highest BCUT2D eigenvalue weighted by Crippen LogP contribution is 2.44. The van der Waals surface area contributed by atoms with Gasteiger partial charge in [0.05, 0.1) is 11.7 Å². The second-order valence-corrected chi connectivity index (χ2v) is 8.73. The van der Waals surface area contributed by atoms with Gasteiger partial charge < -0.3 is 0 Å². The summed E-state index contributed by atoms with van der Waals surface area (Å²) in [4.78, 5) is 4.01. The Morgan fingerprint density at radius 1 is 1.00 bits per heavy atom. The predicted octanol–water partition coefficient (Wildman–Crippen LogP) is 5.17. The predicted molar refractivity (Wildman–Crippen MR) is 116 cm³/mol. The van der Waals surface area contributed by atoms with E-state index >= 15 is 0 Å². The molecular formula is C23H25N3S. The van der Waals surface area contributed by atoms with E-state index in [2.05, 4.69) is 52.5 Å². The van der Waals surface area contributed by atoms with Gasteiger partial charge in [-0.3, -0.25) is 9.58 Å². The van der Waals surface area contributed by atoms with Gasteiger partial charge in [0, 0.05) is 29.6 Å². The second-order valence-electron chi connectivity index (χ2n) is 7.63. The number of rotatable bonds is 4. The number of hydrogen-bond acceptors (Lipinski definition) is 3. The van der Waals surface area contributed by atoms with Gasteiger partial charge in [-0.1, -0.05) is 36.4 Å². The fraction of sp³-hybridized carbons (Fsp3) is 0.348. The standard InChI is InChI=1S/C23H25N3S/c1-25-22-14-19(8-9-20(22)15-24-25)21-10-13-27-23(21)18-6-4-17(5-7-18)16-26-11-2-3-12-26/h4-9,14-15H,2-3,10-13,16H2,1H3. The molecule has 4 heteroatoms. The molecule has 3 nitrogen and oxygen atoms in total. The molecule has 2 aromatic carbocycles. The summed E-state index contributed by atoms with van der Waals surface area (Å²) in [6.07, 6.45) is 5.79. The first kappa shape index (κ1) is 17.1. The fourth-order valence-corrected chi connectivity index (χ4v) is 5.49. The molecule has 0 atom stereocenters. The lowest BCUT2D eigenvalue weighted by Crippen LogP contribution is -2.18. The van der Waals surface area contributed by atoms with Crippen LogP contribution in [0.1, 0.15) is 36.0 Å². The average Bonchev–Trinajstić information content (AvgIpc) is 3.44. The third-order valence-electron chi connectivity index (χ3n) is 5.79. The van der Waals surface area contributed by atoms with Crippen molar-refractivity contribution in [3.8, 4) is 0 Å². The number of nitrogens with zero attached hydrogens (tertiary/aromatic N) is 3. The monoisotopic (exact) mass is 375 g/mol. The van der Waals surface area contributed by atoms with Crippen molar-refractivity contribution in [3.05, 3.63) is 65.4 Å². The van der Waals surface area contributed by atoms with Crippen molar-refractivity contribution >= 4 is 33.1 Å². The molecule has 0 amide bonds. The maximum atomic E-state index is 4.38. The highest BCUT2D eigenvalue weighted by Gasteiger charge is 2.19. The van der Waals surface area contributed by atoms with Crippen molar-refractivity contribution in [3.63, 3.8) is 0 Å². The lowest BCUT2D eigenvalue weighted by atomic mass is 9.99. The van der Waals surface area contributed by atoms with E-state index in [-0.39, 0.29) is 0 Å². The first-order valence-corrected chi connectivity index (χ1v) is 10.9. The molecule has 0 radical (unpaired) electrons. The summed E-state index contributed by atoms with van der Waals surface area (Å²) in [6, 6.07) is 16.0. The molecule has 0 N–H and O–H groups in total. The summed E-state index contributed by atoms with van der Waals surface area (Å²) >= 11 is 2.00. The van der Waals surface area contributed by atoms with Gasteiger partial charge in [-0.2, -0.15) is 5.10 Å². The summed E-state index contributed by atoms with van der Waals surface area (Å²) in [6.45, 7) is 3.60. The summed E-state index contributed by atoms with van der Waals surface area (Å²) in [7, 11) is 2.02. The number of likely N-dealkylation sites (tertiary alicyclic amines) is 1. The zero-order valence-electron chi connectivity index (χ0n) is 15.8. The molecule has 138 valence electrons. The van der Waals surface area contributed by atoms with Gasteiger partial charge in [0.15, 0.2) is 0 Å². The van der Waals surface area contributed by atoms with E-state index in [4.69, 9.17) is 0 Å². The van der Waals surface area contributed by atoms with Crippen molar-refractivity contribution in [2.24, 2.45) is 7.05 Å². The van der Waals surface area contributed by atoms with Gasteiger partial charge in [-0.05, 0) is 60.7 Å². The quantitative estimate of drug-likeness (QED) is 0.627. The van der Waals surface area contributed by atoms with E-state index in [0.29, 0.717) is 0 Å². The highest BCUT2D eigenvalue weighted by atomic mass is 32.2. The number of aryl methyl sites for hydroxylation is 1. The van der Waals surface area contributed by atoms with Crippen molar-refractivity contribution in [1.82, 2.24) is 14.7 Å². The summed E-state index contributed by atoms with van der Waals surface area (Å²) in [5.41, 5.74) is 6.82. The number of hydrogen-bond donors (Lipinski definition) is 0. The molecule has 1 aromatic heterocycles. The third-order valence-corrected chi connectivity index (χ3v) is 6.97. The minimum atomic E-state index is 1.09. The minimum absolute atomic E-state index is 1.09. The Morgan fingerprint density at radius 2 is 1.78 bits per heavy atom. The van der Waals surface area contributed by atoms with E-state index in [1.54, 1.807) is 0 Å². The van der Waals surface area contributed by atoms with E-state index < -0.39 is 0 Å². The van der Waals surface area contributed by atoms with E-state index in [9.17, 15) is 0 Å². The molecule has 0 bridgehead atoms. The van der Waals surface area contributed by atoms with Crippen LogP contribution in [-0.4, -0.2) is 33.5 Å².